The molecule has 0 aliphatic rings. The van der Waals surface area contributed by atoms with Crippen molar-refractivity contribution in [2.24, 2.45) is 5.92 Å². The van der Waals surface area contributed by atoms with Crippen molar-refractivity contribution < 1.29 is 80.2 Å². The predicted molar refractivity (Wildman–Crippen MR) is 153 cm³/mol. The number of halogens is 15. The Hall–Kier alpha value is -2.11. The van der Waals surface area contributed by atoms with Gasteiger partial charge in [-0.25, -0.2) is 4.79 Å². The molecule has 0 saturated heterocycles. The number of esters is 1. The van der Waals surface area contributed by atoms with Crippen LogP contribution in [0, 0.1) is 5.92 Å². The Balaban J connectivity index is 5.19. The van der Waals surface area contributed by atoms with E-state index in [1.54, 1.807) is 0 Å². The van der Waals surface area contributed by atoms with E-state index in [2.05, 4.69) is 6.92 Å². The molecule has 0 bridgehead atoms. The first-order valence-corrected chi connectivity index (χ1v) is 16.5. The van der Waals surface area contributed by atoms with E-state index in [-0.39, 0.29) is 13.0 Å². The van der Waals surface area contributed by atoms with E-state index in [1.165, 1.54) is 58.8 Å². The molecule has 0 aliphatic carbocycles. The van der Waals surface area contributed by atoms with Crippen molar-refractivity contribution in [3.8, 4) is 0 Å². The highest BCUT2D eigenvalue weighted by molar-refractivity contribution is 5.89. The van der Waals surface area contributed by atoms with Gasteiger partial charge in [-0.2, -0.15) is 65.9 Å². The van der Waals surface area contributed by atoms with Gasteiger partial charge in [-0.15, -0.1) is 0 Å². The number of nitrogens with one attached hydrogen (secondary N) is 1. The topological polar surface area (TPSA) is 55.4 Å². The smallest absolute Gasteiger partial charge is 0.460 e. The van der Waals surface area contributed by atoms with Crippen LogP contribution in [0.25, 0.3) is 0 Å². The minimum atomic E-state index is -8.52. The van der Waals surface area contributed by atoms with Crippen molar-refractivity contribution in [2.45, 2.75) is 171 Å². The first kappa shape index (κ1) is 47.9. The molecule has 0 saturated carbocycles. The molecule has 1 atom stereocenters. The molecule has 1 N–H and O–H groups in total. The Labute approximate surface area is 281 Å². The normalized spacial score (nSPS) is 14.6. The van der Waals surface area contributed by atoms with Crippen LogP contribution in [0.3, 0.4) is 0 Å². The van der Waals surface area contributed by atoms with Crippen LogP contribution in [0.1, 0.15) is 124 Å². The predicted octanol–water partition coefficient (Wildman–Crippen LogP) is 11.3. The lowest BCUT2D eigenvalue weighted by Gasteiger charge is -2.41. The molecular weight excluding hydrogens is 719 g/mol. The Morgan fingerprint density at radius 2 is 0.860 bits per heavy atom. The molecule has 19 heteroatoms. The molecule has 0 fully saturated rings. The van der Waals surface area contributed by atoms with Gasteiger partial charge >= 0.3 is 47.7 Å². The summed E-state index contributed by atoms with van der Waals surface area (Å²) in [5, 5.41) is 0.879. The van der Waals surface area contributed by atoms with E-state index in [1.807, 2.05) is 0 Å². The van der Waals surface area contributed by atoms with Crippen molar-refractivity contribution in [1.82, 2.24) is 5.32 Å². The zero-order valence-electron chi connectivity index (χ0n) is 28.1. The highest BCUT2D eigenvalue weighted by atomic mass is 19.4. The van der Waals surface area contributed by atoms with Crippen LogP contribution in [0.15, 0.2) is 0 Å². The van der Waals surface area contributed by atoms with Crippen LogP contribution in [-0.2, 0) is 14.3 Å². The third-order valence-corrected chi connectivity index (χ3v) is 7.90. The Morgan fingerprint density at radius 3 is 1.22 bits per heavy atom. The van der Waals surface area contributed by atoms with Crippen LogP contribution < -0.4 is 5.32 Å². The Kier molecular flexibility index (Phi) is 18.8. The summed E-state index contributed by atoms with van der Waals surface area (Å²) < 4.78 is 207. The molecule has 1 unspecified atom stereocenters. The maximum Gasteiger partial charge on any atom is 0.460 e. The summed E-state index contributed by atoms with van der Waals surface area (Å²) in [6.07, 6.45) is 6.63. The summed E-state index contributed by atoms with van der Waals surface area (Å²) in [6.45, 7) is 4.38. The average Bonchev–Trinajstić information content (AvgIpc) is 2.98. The van der Waals surface area contributed by atoms with Gasteiger partial charge in [0, 0.05) is 0 Å². The zero-order chi connectivity index (χ0) is 39.2. The van der Waals surface area contributed by atoms with E-state index in [0.717, 1.165) is 43.8 Å². The molecule has 0 aromatic heterocycles. The van der Waals surface area contributed by atoms with E-state index in [9.17, 15) is 75.4 Å². The monoisotopic (exact) mass is 765 g/mol. The summed E-state index contributed by atoms with van der Waals surface area (Å²) in [4.78, 5) is 24.4. The molecular formula is C31H46F15NO3. The molecule has 0 radical (unpaired) electrons. The lowest BCUT2D eigenvalue weighted by Crippen LogP contribution is -2.74. The van der Waals surface area contributed by atoms with E-state index < -0.39 is 72.0 Å². The number of unbranched alkanes of at least 4 members (excludes halogenated alkanes) is 14. The first-order valence-electron chi connectivity index (χ1n) is 16.5. The minimum Gasteiger partial charge on any atom is -0.464 e. The number of rotatable bonds is 26. The standard InChI is InChI=1S/C31H46F15NO3/c1-4-5-6-7-8-9-10-11-12-13-14-15-16-17-18-19-50-23(48)22(20-21(2)3)47-24(49)25(32,33)26(34,35)27(36,37)28(38,39)29(40,41)30(42,43)31(44,45)46/h21-22H,4-20H2,1-3H3,(H,47,49). The molecule has 0 spiro atoms. The zero-order valence-corrected chi connectivity index (χ0v) is 28.1. The highest BCUT2D eigenvalue weighted by Gasteiger charge is 2.94. The summed E-state index contributed by atoms with van der Waals surface area (Å²) in [5.74, 6) is -54.6. The molecule has 4 nitrogen and oxygen atoms in total. The maximum absolute atomic E-state index is 14.3. The van der Waals surface area contributed by atoms with Crippen LogP contribution in [-0.4, -0.2) is 66.2 Å². The van der Waals surface area contributed by atoms with Gasteiger partial charge in [-0.1, -0.05) is 111 Å². The molecule has 50 heavy (non-hydrogen) atoms. The Bertz CT molecular complexity index is 1020. The SMILES string of the molecule is CCCCCCCCCCCCCCCCCOC(=O)C(CC(C)C)NC(=O)C(F)(F)C(F)(F)C(F)(F)C(F)(F)C(F)(F)C(F)(F)C(F)(F)F. The Morgan fingerprint density at radius 1 is 0.520 bits per heavy atom. The van der Waals surface area contributed by atoms with Crippen LogP contribution >= 0.6 is 0 Å². The molecule has 0 aromatic rings. The van der Waals surface area contributed by atoms with E-state index >= 15 is 0 Å². The number of amides is 1. The average molecular weight is 766 g/mol. The van der Waals surface area contributed by atoms with E-state index in [4.69, 9.17) is 4.74 Å². The number of hydrogen-bond donors (Lipinski definition) is 1. The number of alkyl halides is 15. The second-order valence-electron chi connectivity index (χ2n) is 12.7. The van der Waals surface area contributed by atoms with Crippen molar-refractivity contribution in [3.05, 3.63) is 0 Å². The van der Waals surface area contributed by atoms with Gasteiger partial charge in [0.05, 0.1) is 6.61 Å². The summed E-state index contributed by atoms with van der Waals surface area (Å²) >= 11 is 0. The van der Waals surface area contributed by atoms with Gasteiger partial charge in [0.25, 0.3) is 5.91 Å². The van der Waals surface area contributed by atoms with Gasteiger partial charge in [0.1, 0.15) is 6.04 Å². The summed E-state index contributed by atoms with van der Waals surface area (Å²) in [5.41, 5.74) is 0. The van der Waals surface area contributed by atoms with Crippen molar-refractivity contribution >= 4 is 11.9 Å². The van der Waals surface area contributed by atoms with E-state index in [0.29, 0.717) is 6.42 Å². The van der Waals surface area contributed by atoms with Gasteiger partial charge in [0.2, 0.25) is 0 Å². The molecule has 1 amide bonds. The maximum atomic E-state index is 14.3. The number of carbonyl (C=O) groups excluding carboxylic acids is 2. The van der Waals surface area contributed by atoms with Crippen molar-refractivity contribution in [1.29, 1.82) is 0 Å². The van der Waals surface area contributed by atoms with Gasteiger partial charge in [-0.05, 0) is 18.8 Å². The van der Waals surface area contributed by atoms with Crippen molar-refractivity contribution in [3.63, 3.8) is 0 Å². The van der Waals surface area contributed by atoms with Gasteiger partial charge in [-0.3, -0.25) is 4.79 Å². The fourth-order valence-corrected chi connectivity index (χ4v) is 4.79. The quantitative estimate of drug-likeness (QED) is 0.0542. The third kappa shape index (κ3) is 12.0. The van der Waals surface area contributed by atoms with Crippen LogP contribution in [0.5, 0.6) is 0 Å². The molecule has 298 valence electrons. The lowest BCUT2D eigenvalue weighted by molar-refractivity contribution is -0.449. The molecule has 0 aliphatic heterocycles. The highest BCUT2D eigenvalue weighted by Crippen LogP contribution is 2.62. The largest absolute Gasteiger partial charge is 0.464 e. The summed E-state index contributed by atoms with van der Waals surface area (Å²) in [7, 11) is 0. The van der Waals surface area contributed by atoms with Crippen LogP contribution in [0.2, 0.25) is 0 Å². The van der Waals surface area contributed by atoms with Gasteiger partial charge in [0.15, 0.2) is 0 Å². The number of hydrogen-bond acceptors (Lipinski definition) is 3. The molecule has 0 heterocycles. The number of ether oxygens (including phenoxy) is 1. The molecule has 0 aromatic carbocycles. The first-order chi connectivity index (χ1) is 22.7. The fraction of sp³-hybridized carbons (Fsp3) is 0.935. The fourth-order valence-electron chi connectivity index (χ4n) is 4.79. The third-order valence-electron chi connectivity index (χ3n) is 7.90. The second-order valence-corrected chi connectivity index (χ2v) is 12.7. The number of carbonyl (C=O) groups is 2. The molecule has 0 rings (SSSR count). The second kappa shape index (κ2) is 19.6. The summed E-state index contributed by atoms with van der Waals surface area (Å²) in [6, 6.07) is -2.30. The van der Waals surface area contributed by atoms with Gasteiger partial charge < -0.3 is 10.1 Å². The van der Waals surface area contributed by atoms with Crippen LogP contribution in [0.4, 0.5) is 65.9 Å². The van der Waals surface area contributed by atoms with Crippen molar-refractivity contribution in [2.75, 3.05) is 6.61 Å². The minimum absolute atomic E-state index is 0.221. The lowest BCUT2D eigenvalue weighted by atomic mass is 9.90.